The van der Waals surface area contributed by atoms with Gasteiger partial charge in [0.25, 0.3) is 0 Å². The monoisotopic (exact) mass is 385 g/mol. The fourth-order valence-corrected chi connectivity index (χ4v) is 2.60. The predicted molar refractivity (Wildman–Crippen MR) is 99.7 cm³/mol. The highest BCUT2D eigenvalue weighted by atomic mass is 19.1. The van der Waals surface area contributed by atoms with E-state index in [2.05, 4.69) is 15.4 Å². The average Bonchev–Trinajstić information content (AvgIpc) is 3.17. The van der Waals surface area contributed by atoms with E-state index in [1.54, 1.807) is 37.3 Å². The standard InChI is InChI=1S/C20H20FN3O4/c1-3-26-17-11-14(18-19(23-24-22-18)20(25)27-4-2)8-9-16(17)28-12-13-6-5-7-15(21)10-13/h5-11H,3-4,12H2,1-2H3,(H,22,23,24). The van der Waals surface area contributed by atoms with Crippen LogP contribution in [0.4, 0.5) is 4.39 Å². The van der Waals surface area contributed by atoms with Gasteiger partial charge >= 0.3 is 5.97 Å². The molecule has 1 N–H and O–H groups in total. The highest BCUT2D eigenvalue weighted by Crippen LogP contribution is 2.33. The molecule has 0 bridgehead atoms. The lowest BCUT2D eigenvalue weighted by atomic mass is 10.1. The summed E-state index contributed by atoms with van der Waals surface area (Å²) in [5, 5.41) is 10.4. The second kappa shape index (κ2) is 8.98. The van der Waals surface area contributed by atoms with Gasteiger partial charge in [-0.3, -0.25) is 0 Å². The first-order valence-electron chi connectivity index (χ1n) is 8.84. The molecule has 28 heavy (non-hydrogen) atoms. The molecular weight excluding hydrogens is 365 g/mol. The predicted octanol–water partition coefficient (Wildman–Crippen LogP) is 3.77. The Morgan fingerprint density at radius 1 is 1.04 bits per heavy atom. The summed E-state index contributed by atoms with van der Waals surface area (Å²) in [7, 11) is 0. The number of rotatable bonds is 8. The van der Waals surface area contributed by atoms with E-state index in [0.29, 0.717) is 34.9 Å². The number of H-pyrrole nitrogens is 1. The summed E-state index contributed by atoms with van der Waals surface area (Å²) in [6.45, 7) is 4.42. The van der Waals surface area contributed by atoms with Crippen LogP contribution in [-0.4, -0.2) is 34.6 Å². The van der Waals surface area contributed by atoms with Gasteiger partial charge in [0.15, 0.2) is 17.2 Å². The van der Waals surface area contributed by atoms with Crippen molar-refractivity contribution < 1.29 is 23.4 Å². The van der Waals surface area contributed by atoms with Gasteiger partial charge in [0, 0.05) is 5.56 Å². The number of nitrogens with zero attached hydrogens (tertiary/aromatic N) is 2. The van der Waals surface area contributed by atoms with Crippen molar-refractivity contribution in [1.82, 2.24) is 15.4 Å². The number of carbonyl (C=O) groups excluding carboxylic acids is 1. The van der Waals surface area contributed by atoms with Crippen LogP contribution in [0.1, 0.15) is 29.9 Å². The minimum Gasteiger partial charge on any atom is -0.490 e. The fraction of sp³-hybridized carbons (Fsp3) is 0.250. The van der Waals surface area contributed by atoms with E-state index in [1.807, 2.05) is 6.92 Å². The van der Waals surface area contributed by atoms with Crippen LogP contribution in [0, 0.1) is 5.82 Å². The highest BCUT2D eigenvalue weighted by molar-refractivity contribution is 5.94. The maximum Gasteiger partial charge on any atom is 0.361 e. The molecule has 3 rings (SSSR count). The summed E-state index contributed by atoms with van der Waals surface area (Å²) >= 11 is 0. The normalized spacial score (nSPS) is 10.5. The van der Waals surface area contributed by atoms with Crippen molar-refractivity contribution in [2.24, 2.45) is 0 Å². The summed E-state index contributed by atoms with van der Waals surface area (Å²) in [4.78, 5) is 12.0. The second-order valence-corrected chi connectivity index (χ2v) is 5.75. The first-order valence-corrected chi connectivity index (χ1v) is 8.84. The SMILES string of the molecule is CCOC(=O)c1n[nH]nc1-c1ccc(OCc2cccc(F)c2)c(OCC)c1. The number of hydrogen-bond donors (Lipinski definition) is 1. The Morgan fingerprint density at radius 3 is 2.64 bits per heavy atom. The number of benzene rings is 2. The molecule has 1 heterocycles. The molecule has 0 unspecified atom stereocenters. The van der Waals surface area contributed by atoms with E-state index in [9.17, 15) is 9.18 Å². The molecule has 0 aliphatic heterocycles. The van der Waals surface area contributed by atoms with Crippen molar-refractivity contribution >= 4 is 5.97 Å². The third-order valence-electron chi connectivity index (χ3n) is 3.82. The first kappa shape index (κ1) is 19.3. The van der Waals surface area contributed by atoms with Crippen LogP contribution in [0.25, 0.3) is 11.3 Å². The smallest absolute Gasteiger partial charge is 0.361 e. The van der Waals surface area contributed by atoms with Crippen molar-refractivity contribution in [2.75, 3.05) is 13.2 Å². The number of aromatic nitrogens is 3. The third-order valence-corrected chi connectivity index (χ3v) is 3.82. The zero-order chi connectivity index (χ0) is 19.9. The van der Waals surface area contributed by atoms with Gasteiger partial charge in [0.2, 0.25) is 0 Å². The van der Waals surface area contributed by atoms with Gasteiger partial charge in [-0.15, -0.1) is 5.10 Å². The molecule has 1 aromatic heterocycles. The van der Waals surface area contributed by atoms with Gasteiger partial charge in [-0.2, -0.15) is 10.3 Å². The highest BCUT2D eigenvalue weighted by Gasteiger charge is 2.20. The molecule has 7 nitrogen and oxygen atoms in total. The Hall–Kier alpha value is -3.42. The van der Waals surface area contributed by atoms with Crippen molar-refractivity contribution in [1.29, 1.82) is 0 Å². The Kier molecular flexibility index (Phi) is 6.21. The van der Waals surface area contributed by atoms with Crippen LogP contribution in [0.15, 0.2) is 42.5 Å². The zero-order valence-corrected chi connectivity index (χ0v) is 15.6. The molecule has 8 heteroatoms. The lowest BCUT2D eigenvalue weighted by Crippen LogP contribution is -2.07. The zero-order valence-electron chi connectivity index (χ0n) is 15.6. The Labute approximate surface area is 161 Å². The fourth-order valence-electron chi connectivity index (χ4n) is 2.60. The summed E-state index contributed by atoms with van der Waals surface area (Å²) in [5.41, 5.74) is 1.78. The van der Waals surface area contributed by atoms with Gasteiger partial charge in [-0.25, -0.2) is 9.18 Å². The largest absolute Gasteiger partial charge is 0.490 e. The topological polar surface area (TPSA) is 86.3 Å². The van der Waals surface area contributed by atoms with Crippen LogP contribution >= 0.6 is 0 Å². The van der Waals surface area contributed by atoms with Crippen molar-refractivity contribution in [3.05, 3.63) is 59.5 Å². The Bertz CT molecular complexity index is 958. The number of nitrogens with one attached hydrogen (secondary N) is 1. The summed E-state index contributed by atoms with van der Waals surface area (Å²) in [5.74, 6) is 0.0971. The molecule has 0 amide bonds. The number of carbonyl (C=O) groups is 1. The van der Waals surface area contributed by atoms with E-state index in [1.165, 1.54) is 12.1 Å². The van der Waals surface area contributed by atoms with Crippen LogP contribution < -0.4 is 9.47 Å². The average molecular weight is 385 g/mol. The molecule has 0 atom stereocenters. The molecule has 3 aromatic rings. The van der Waals surface area contributed by atoms with Crippen LogP contribution in [0.3, 0.4) is 0 Å². The molecule has 0 fully saturated rings. The van der Waals surface area contributed by atoms with Crippen LogP contribution in [0.5, 0.6) is 11.5 Å². The van der Waals surface area contributed by atoms with E-state index >= 15 is 0 Å². The van der Waals surface area contributed by atoms with Crippen molar-refractivity contribution in [3.8, 4) is 22.8 Å². The molecule has 2 aromatic carbocycles. The van der Waals surface area contributed by atoms with E-state index in [-0.39, 0.29) is 24.7 Å². The Morgan fingerprint density at radius 2 is 1.89 bits per heavy atom. The molecule has 0 aliphatic rings. The second-order valence-electron chi connectivity index (χ2n) is 5.75. The number of ether oxygens (including phenoxy) is 3. The van der Waals surface area contributed by atoms with Gasteiger partial charge in [-0.1, -0.05) is 12.1 Å². The lowest BCUT2D eigenvalue weighted by Gasteiger charge is -2.13. The maximum absolute atomic E-state index is 13.3. The maximum atomic E-state index is 13.3. The molecule has 146 valence electrons. The molecule has 0 radical (unpaired) electrons. The van der Waals surface area contributed by atoms with Gasteiger partial charge in [-0.05, 0) is 49.7 Å². The summed E-state index contributed by atoms with van der Waals surface area (Å²) in [6.07, 6.45) is 0. The van der Waals surface area contributed by atoms with Gasteiger partial charge in [0.05, 0.1) is 13.2 Å². The summed E-state index contributed by atoms with van der Waals surface area (Å²) < 4.78 is 29.8. The minimum atomic E-state index is -0.560. The quantitative estimate of drug-likeness (QED) is 0.594. The molecular formula is C20H20FN3O4. The van der Waals surface area contributed by atoms with E-state index < -0.39 is 5.97 Å². The molecule has 0 saturated carbocycles. The molecule has 0 saturated heterocycles. The van der Waals surface area contributed by atoms with Crippen molar-refractivity contribution in [2.45, 2.75) is 20.5 Å². The summed E-state index contributed by atoms with van der Waals surface area (Å²) in [6, 6.07) is 11.4. The number of esters is 1. The van der Waals surface area contributed by atoms with E-state index in [4.69, 9.17) is 14.2 Å². The number of halogens is 1. The number of aromatic amines is 1. The van der Waals surface area contributed by atoms with Crippen molar-refractivity contribution in [3.63, 3.8) is 0 Å². The van der Waals surface area contributed by atoms with Crippen LogP contribution in [0.2, 0.25) is 0 Å². The molecule has 0 aliphatic carbocycles. The molecule has 0 spiro atoms. The van der Waals surface area contributed by atoms with Gasteiger partial charge < -0.3 is 14.2 Å². The lowest BCUT2D eigenvalue weighted by molar-refractivity contribution is 0.0520. The minimum absolute atomic E-state index is 0.0951. The Balaban J connectivity index is 1.85. The third kappa shape index (κ3) is 4.46. The van der Waals surface area contributed by atoms with Crippen LogP contribution in [-0.2, 0) is 11.3 Å². The number of hydrogen-bond acceptors (Lipinski definition) is 6. The van der Waals surface area contributed by atoms with E-state index in [0.717, 1.165) is 0 Å². The van der Waals surface area contributed by atoms with Gasteiger partial charge in [0.1, 0.15) is 18.1 Å². The first-order chi connectivity index (χ1) is 13.6.